The van der Waals surface area contributed by atoms with Crippen LogP contribution >= 0.6 is 11.8 Å². The number of hydrogen-bond acceptors (Lipinski definition) is 3. The molecule has 4 unspecified atom stereocenters. The van der Waals surface area contributed by atoms with Gasteiger partial charge in [-0.2, -0.15) is 0 Å². The Balaban J connectivity index is 1.62. The molecule has 1 aliphatic heterocycles. The molecule has 4 atom stereocenters. The number of hydrogen-bond donors (Lipinski definition) is 2. The summed E-state index contributed by atoms with van der Waals surface area (Å²) in [6.45, 7) is 2.15. The zero-order valence-corrected chi connectivity index (χ0v) is 12.6. The second-order valence-corrected chi connectivity index (χ2v) is 7.31. The Labute approximate surface area is 123 Å². The highest BCUT2D eigenvalue weighted by atomic mass is 32.2. The van der Waals surface area contributed by atoms with Crippen LogP contribution in [-0.2, 0) is 4.79 Å². The Bertz CT molecular complexity index is 413. The van der Waals surface area contributed by atoms with E-state index in [2.05, 4.69) is 12.2 Å². The molecule has 2 saturated carbocycles. The quantitative estimate of drug-likeness (QED) is 0.815. The summed E-state index contributed by atoms with van der Waals surface area (Å²) in [5.41, 5.74) is 0. The molecule has 0 aromatic heterocycles. The van der Waals surface area contributed by atoms with Gasteiger partial charge in [0.15, 0.2) is 0 Å². The van der Waals surface area contributed by atoms with Crippen molar-refractivity contribution in [2.45, 2.75) is 56.5 Å². The number of carboxylic acid groups (broad SMARTS) is 1. The van der Waals surface area contributed by atoms with Crippen LogP contribution < -0.4 is 5.32 Å². The van der Waals surface area contributed by atoms with Crippen molar-refractivity contribution in [2.75, 3.05) is 5.75 Å². The van der Waals surface area contributed by atoms with E-state index in [0.29, 0.717) is 17.6 Å². The van der Waals surface area contributed by atoms with Crippen LogP contribution in [0.15, 0.2) is 0 Å². The van der Waals surface area contributed by atoms with Crippen LogP contribution in [0.1, 0.15) is 39.0 Å². The number of rotatable bonds is 5. The molecule has 3 rings (SSSR count). The predicted molar refractivity (Wildman–Crippen MR) is 77.6 cm³/mol. The molecule has 0 aromatic rings. The molecule has 0 aromatic carbocycles. The highest BCUT2D eigenvalue weighted by Crippen LogP contribution is 2.45. The van der Waals surface area contributed by atoms with Crippen molar-refractivity contribution >= 4 is 23.8 Å². The Morgan fingerprint density at radius 2 is 2.15 bits per heavy atom. The molecule has 2 aliphatic carbocycles. The topological polar surface area (TPSA) is 69.6 Å². The van der Waals surface area contributed by atoms with E-state index in [9.17, 15) is 14.7 Å². The van der Waals surface area contributed by atoms with Gasteiger partial charge in [0, 0.05) is 11.8 Å². The molecule has 0 radical (unpaired) electrons. The van der Waals surface area contributed by atoms with E-state index in [1.165, 1.54) is 0 Å². The summed E-state index contributed by atoms with van der Waals surface area (Å²) in [5, 5.41) is 12.4. The first-order valence-corrected chi connectivity index (χ1v) is 8.60. The van der Waals surface area contributed by atoms with Crippen LogP contribution in [-0.4, -0.2) is 45.2 Å². The molecule has 0 bridgehead atoms. The third kappa shape index (κ3) is 2.75. The standard InChI is InChI=1S/C14H22N2O3S/c1-2-3-9-6-10(9)15-14(19)16-11(13(17)18)7-20-12(16)8-4-5-8/h8-12H,2-7H2,1H3,(H,15,19)(H,17,18). The average molecular weight is 298 g/mol. The van der Waals surface area contributed by atoms with Crippen LogP contribution in [0.25, 0.3) is 0 Å². The highest BCUT2D eigenvalue weighted by Gasteiger charge is 2.49. The molecule has 20 heavy (non-hydrogen) atoms. The first kappa shape index (κ1) is 14.0. The van der Waals surface area contributed by atoms with E-state index < -0.39 is 12.0 Å². The van der Waals surface area contributed by atoms with Crippen molar-refractivity contribution in [3.05, 3.63) is 0 Å². The number of thioether (sulfide) groups is 1. The van der Waals surface area contributed by atoms with E-state index in [0.717, 1.165) is 32.1 Å². The van der Waals surface area contributed by atoms with Gasteiger partial charge in [0.2, 0.25) is 0 Å². The lowest BCUT2D eigenvalue weighted by Crippen LogP contribution is -2.51. The van der Waals surface area contributed by atoms with Crippen molar-refractivity contribution < 1.29 is 14.7 Å². The number of carbonyl (C=O) groups excluding carboxylic acids is 1. The van der Waals surface area contributed by atoms with Gasteiger partial charge >= 0.3 is 12.0 Å². The summed E-state index contributed by atoms with van der Waals surface area (Å²) in [6, 6.07) is -0.556. The lowest BCUT2D eigenvalue weighted by atomic mass is 10.2. The molecular weight excluding hydrogens is 276 g/mol. The first-order chi connectivity index (χ1) is 9.61. The molecule has 1 saturated heterocycles. The minimum atomic E-state index is -0.878. The smallest absolute Gasteiger partial charge is 0.327 e. The molecule has 0 spiro atoms. The zero-order chi connectivity index (χ0) is 14.3. The molecule has 2 N–H and O–H groups in total. The maximum Gasteiger partial charge on any atom is 0.327 e. The largest absolute Gasteiger partial charge is 0.480 e. The van der Waals surface area contributed by atoms with Gasteiger partial charge in [0.05, 0.1) is 5.37 Å². The maximum atomic E-state index is 12.4. The Morgan fingerprint density at radius 3 is 2.75 bits per heavy atom. The third-order valence-electron chi connectivity index (χ3n) is 4.47. The minimum Gasteiger partial charge on any atom is -0.480 e. The Kier molecular flexibility index (Phi) is 3.84. The van der Waals surface area contributed by atoms with E-state index in [1.807, 2.05) is 0 Å². The fourth-order valence-corrected chi connectivity index (χ4v) is 4.70. The number of aliphatic carboxylic acids is 1. The summed E-state index contributed by atoms with van der Waals surface area (Å²) in [6.07, 6.45) is 5.57. The number of nitrogens with zero attached hydrogens (tertiary/aromatic N) is 1. The number of amides is 2. The molecule has 3 aliphatic rings. The van der Waals surface area contributed by atoms with Crippen molar-refractivity contribution in [3.63, 3.8) is 0 Å². The number of urea groups is 1. The number of carbonyl (C=O) groups is 2. The summed E-state index contributed by atoms with van der Waals surface area (Å²) in [4.78, 5) is 25.4. The summed E-state index contributed by atoms with van der Waals surface area (Å²) in [5.74, 6) is 0.742. The second-order valence-electron chi connectivity index (χ2n) is 6.16. The van der Waals surface area contributed by atoms with E-state index >= 15 is 0 Å². The van der Waals surface area contributed by atoms with Gasteiger partial charge in [-0.05, 0) is 37.5 Å². The van der Waals surface area contributed by atoms with Crippen LogP contribution in [0.4, 0.5) is 4.79 Å². The van der Waals surface area contributed by atoms with E-state index in [-0.39, 0.29) is 17.4 Å². The Morgan fingerprint density at radius 1 is 1.40 bits per heavy atom. The van der Waals surface area contributed by atoms with Gasteiger partial charge < -0.3 is 10.4 Å². The molecule has 3 fully saturated rings. The molecular formula is C14H22N2O3S. The van der Waals surface area contributed by atoms with Crippen molar-refractivity contribution in [1.29, 1.82) is 0 Å². The van der Waals surface area contributed by atoms with Crippen LogP contribution in [0.5, 0.6) is 0 Å². The molecule has 5 nitrogen and oxygen atoms in total. The van der Waals surface area contributed by atoms with Crippen LogP contribution in [0, 0.1) is 11.8 Å². The summed E-state index contributed by atoms with van der Waals surface area (Å²) < 4.78 is 0. The highest BCUT2D eigenvalue weighted by molar-refractivity contribution is 8.00. The fraction of sp³-hybridized carbons (Fsp3) is 0.857. The minimum absolute atomic E-state index is 0.0690. The van der Waals surface area contributed by atoms with Gasteiger partial charge in [0.25, 0.3) is 0 Å². The fourth-order valence-electron chi connectivity index (χ4n) is 3.07. The Hall–Kier alpha value is -0.910. The maximum absolute atomic E-state index is 12.4. The van der Waals surface area contributed by atoms with Gasteiger partial charge in [-0.25, -0.2) is 9.59 Å². The molecule has 2 amide bonds. The lowest BCUT2D eigenvalue weighted by Gasteiger charge is -2.27. The van der Waals surface area contributed by atoms with Crippen molar-refractivity contribution in [2.24, 2.45) is 11.8 Å². The first-order valence-electron chi connectivity index (χ1n) is 7.55. The van der Waals surface area contributed by atoms with E-state index in [1.54, 1.807) is 16.7 Å². The number of nitrogens with one attached hydrogen (secondary N) is 1. The average Bonchev–Trinajstić information content (AvgIpc) is 3.31. The molecule has 6 heteroatoms. The second kappa shape index (κ2) is 5.47. The molecule has 1 heterocycles. The van der Waals surface area contributed by atoms with Gasteiger partial charge in [-0.3, -0.25) is 4.90 Å². The van der Waals surface area contributed by atoms with Crippen molar-refractivity contribution in [1.82, 2.24) is 10.2 Å². The van der Waals surface area contributed by atoms with Gasteiger partial charge in [0.1, 0.15) is 6.04 Å². The van der Waals surface area contributed by atoms with Gasteiger partial charge in [-0.1, -0.05) is 13.3 Å². The SMILES string of the molecule is CCCC1CC1NC(=O)N1C(C(=O)O)CSC1C1CC1. The van der Waals surface area contributed by atoms with Crippen molar-refractivity contribution in [3.8, 4) is 0 Å². The monoisotopic (exact) mass is 298 g/mol. The lowest BCUT2D eigenvalue weighted by molar-refractivity contribution is -0.141. The molecule has 112 valence electrons. The number of carboxylic acids is 1. The predicted octanol–water partition coefficient (Wildman–Crippen LogP) is 2.12. The van der Waals surface area contributed by atoms with Crippen LogP contribution in [0.2, 0.25) is 0 Å². The van der Waals surface area contributed by atoms with Crippen LogP contribution in [0.3, 0.4) is 0 Å². The zero-order valence-electron chi connectivity index (χ0n) is 11.7. The van der Waals surface area contributed by atoms with Gasteiger partial charge in [-0.15, -0.1) is 11.8 Å². The normalized spacial score (nSPS) is 36.0. The summed E-state index contributed by atoms with van der Waals surface area (Å²) in [7, 11) is 0. The summed E-state index contributed by atoms with van der Waals surface area (Å²) >= 11 is 1.63. The van der Waals surface area contributed by atoms with E-state index in [4.69, 9.17) is 0 Å². The third-order valence-corrected chi connectivity index (χ3v) is 5.93.